The standard InChI is InChI=1S/C31H25N3O4S/c1-20-16-17-26(38-2)25(18-20)34-30(36)27(32-22-12-7-4-8-13-22)28(31(34)37)39-24-15-9-14-23(19-24)33-29(35)21-10-5-3-6-11-21/h3-19,32H,1-2H3,(H,33,35). The number of aryl methyl sites for hydroxylation is 1. The monoisotopic (exact) mass is 535 g/mol. The molecule has 0 radical (unpaired) electrons. The molecule has 0 fully saturated rings. The largest absolute Gasteiger partial charge is 0.495 e. The lowest BCUT2D eigenvalue weighted by Crippen LogP contribution is -2.32. The molecule has 1 aliphatic heterocycles. The van der Waals surface area contributed by atoms with E-state index in [2.05, 4.69) is 10.6 Å². The van der Waals surface area contributed by atoms with Crippen LogP contribution >= 0.6 is 11.8 Å². The molecule has 8 heteroatoms. The van der Waals surface area contributed by atoms with Crippen molar-refractivity contribution in [1.82, 2.24) is 0 Å². The number of ether oxygens (including phenoxy) is 1. The van der Waals surface area contributed by atoms with Gasteiger partial charge in [0.2, 0.25) is 0 Å². The van der Waals surface area contributed by atoms with Gasteiger partial charge in [0.25, 0.3) is 17.7 Å². The maximum Gasteiger partial charge on any atom is 0.283 e. The van der Waals surface area contributed by atoms with Gasteiger partial charge < -0.3 is 15.4 Å². The first-order valence-electron chi connectivity index (χ1n) is 12.2. The molecule has 0 bridgehead atoms. The average Bonchev–Trinajstić information content (AvgIpc) is 3.18. The molecule has 4 aromatic rings. The van der Waals surface area contributed by atoms with Crippen LogP contribution in [0.25, 0.3) is 0 Å². The summed E-state index contributed by atoms with van der Waals surface area (Å²) in [5, 5.41) is 6.04. The molecule has 7 nitrogen and oxygen atoms in total. The van der Waals surface area contributed by atoms with Crippen LogP contribution in [0.1, 0.15) is 15.9 Å². The predicted molar refractivity (Wildman–Crippen MR) is 154 cm³/mol. The zero-order chi connectivity index (χ0) is 27.4. The van der Waals surface area contributed by atoms with Crippen molar-refractivity contribution in [2.24, 2.45) is 0 Å². The Morgan fingerprint density at radius 2 is 1.49 bits per heavy atom. The molecule has 1 heterocycles. The van der Waals surface area contributed by atoms with Crippen molar-refractivity contribution >= 4 is 46.5 Å². The maximum atomic E-state index is 13.8. The Morgan fingerprint density at radius 3 is 2.21 bits per heavy atom. The maximum absolute atomic E-state index is 13.8. The van der Waals surface area contributed by atoms with E-state index in [9.17, 15) is 14.4 Å². The highest BCUT2D eigenvalue weighted by Gasteiger charge is 2.41. The van der Waals surface area contributed by atoms with E-state index in [4.69, 9.17) is 4.74 Å². The number of benzene rings is 4. The molecule has 2 N–H and O–H groups in total. The van der Waals surface area contributed by atoms with E-state index in [-0.39, 0.29) is 16.5 Å². The Hall–Kier alpha value is -4.82. The molecular formula is C31H25N3O4S. The summed E-state index contributed by atoms with van der Waals surface area (Å²) in [5.74, 6) is -0.777. The third-order valence-corrected chi connectivity index (χ3v) is 7.08. The van der Waals surface area contributed by atoms with Crippen LogP contribution in [-0.2, 0) is 9.59 Å². The number of amides is 3. The Balaban J connectivity index is 1.49. The van der Waals surface area contributed by atoms with Gasteiger partial charge in [-0.25, -0.2) is 4.90 Å². The third kappa shape index (κ3) is 5.56. The predicted octanol–water partition coefficient (Wildman–Crippen LogP) is 6.25. The minimum atomic E-state index is -0.483. The zero-order valence-corrected chi connectivity index (χ0v) is 22.1. The number of thioether (sulfide) groups is 1. The summed E-state index contributed by atoms with van der Waals surface area (Å²) >= 11 is 1.16. The van der Waals surface area contributed by atoms with Gasteiger partial charge in [-0.05, 0) is 67.1 Å². The summed E-state index contributed by atoms with van der Waals surface area (Å²) in [6.07, 6.45) is 0. The lowest BCUT2D eigenvalue weighted by Gasteiger charge is -2.19. The number of nitrogens with one attached hydrogen (secondary N) is 2. The second-order valence-electron chi connectivity index (χ2n) is 8.77. The van der Waals surface area contributed by atoms with Crippen molar-refractivity contribution in [3.05, 3.63) is 125 Å². The summed E-state index contributed by atoms with van der Waals surface area (Å²) < 4.78 is 5.47. The van der Waals surface area contributed by atoms with E-state index in [1.807, 2.05) is 55.5 Å². The van der Waals surface area contributed by atoms with Crippen LogP contribution in [0.3, 0.4) is 0 Å². The molecule has 0 spiro atoms. The van der Waals surface area contributed by atoms with Crippen LogP contribution in [0.2, 0.25) is 0 Å². The molecule has 4 aromatic carbocycles. The number of carbonyl (C=O) groups is 3. The van der Waals surface area contributed by atoms with Gasteiger partial charge in [0.15, 0.2) is 0 Å². The van der Waals surface area contributed by atoms with E-state index in [0.29, 0.717) is 33.3 Å². The van der Waals surface area contributed by atoms with Gasteiger partial charge in [-0.2, -0.15) is 0 Å². The van der Waals surface area contributed by atoms with Gasteiger partial charge >= 0.3 is 0 Å². The topological polar surface area (TPSA) is 87.7 Å². The molecular weight excluding hydrogens is 510 g/mol. The molecule has 5 rings (SSSR count). The van der Waals surface area contributed by atoms with Gasteiger partial charge in [0.1, 0.15) is 16.4 Å². The molecule has 0 aromatic heterocycles. The minimum Gasteiger partial charge on any atom is -0.495 e. The number of anilines is 3. The van der Waals surface area contributed by atoms with Gasteiger partial charge in [-0.15, -0.1) is 0 Å². The highest BCUT2D eigenvalue weighted by Crippen LogP contribution is 2.41. The molecule has 0 atom stereocenters. The van der Waals surface area contributed by atoms with Crippen molar-refractivity contribution in [1.29, 1.82) is 0 Å². The van der Waals surface area contributed by atoms with E-state index < -0.39 is 11.8 Å². The van der Waals surface area contributed by atoms with E-state index in [1.54, 1.807) is 54.6 Å². The number of hydrogen-bond acceptors (Lipinski definition) is 6. The van der Waals surface area contributed by atoms with Gasteiger partial charge in [-0.3, -0.25) is 14.4 Å². The number of rotatable bonds is 8. The molecule has 0 saturated heterocycles. The molecule has 0 saturated carbocycles. The summed E-state index contributed by atoms with van der Waals surface area (Å²) in [7, 11) is 1.50. The second-order valence-corrected chi connectivity index (χ2v) is 9.85. The van der Waals surface area contributed by atoms with E-state index >= 15 is 0 Å². The lowest BCUT2D eigenvalue weighted by molar-refractivity contribution is -0.120. The SMILES string of the molecule is COc1ccc(C)cc1N1C(=O)C(Nc2ccccc2)=C(Sc2cccc(NC(=O)c3ccccc3)c2)C1=O. The number of para-hydroxylation sites is 1. The first-order valence-corrected chi connectivity index (χ1v) is 13.0. The van der Waals surface area contributed by atoms with Crippen molar-refractivity contribution in [2.45, 2.75) is 11.8 Å². The van der Waals surface area contributed by atoms with E-state index in [1.165, 1.54) is 7.11 Å². The highest BCUT2D eigenvalue weighted by molar-refractivity contribution is 8.04. The lowest BCUT2D eigenvalue weighted by atomic mass is 10.2. The molecule has 194 valence electrons. The fourth-order valence-electron chi connectivity index (χ4n) is 4.12. The minimum absolute atomic E-state index is 0.165. The molecule has 0 aliphatic carbocycles. The molecule has 3 amide bonds. The normalized spacial score (nSPS) is 13.0. The van der Waals surface area contributed by atoms with Crippen molar-refractivity contribution in [3.63, 3.8) is 0 Å². The fourth-order valence-corrected chi connectivity index (χ4v) is 5.11. The Bertz CT molecular complexity index is 1590. The first kappa shape index (κ1) is 25.8. The van der Waals surface area contributed by atoms with E-state index in [0.717, 1.165) is 22.2 Å². The average molecular weight is 536 g/mol. The third-order valence-electron chi connectivity index (χ3n) is 6.01. The summed E-state index contributed by atoms with van der Waals surface area (Å²) in [5.41, 5.74) is 3.20. The Morgan fingerprint density at radius 1 is 0.795 bits per heavy atom. The van der Waals surface area contributed by atoms with Gasteiger partial charge in [-0.1, -0.05) is 60.3 Å². The summed E-state index contributed by atoms with van der Waals surface area (Å²) in [4.78, 5) is 42.2. The Kier molecular flexibility index (Phi) is 7.47. The number of carbonyl (C=O) groups excluding carboxylic acids is 3. The van der Waals surface area contributed by atoms with Crippen molar-refractivity contribution < 1.29 is 19.1 Å². The summed E-state index contributed by atoms with van der Waals surface area (Å²) in [6.45, 7) is 1.88. The fraction of sp³-hybridized carbons (Fsp3) is 0.0645. The summed E-state index contributed by atoms with van der Waals surface area (Å²) in [6, 6.07) is 30.6. The number of hydrogen-bond donors (Lipinski definition) is 2. The smallest absolute Gasteiger partial charge is 0.283 e. The van der Waals surface area contributed by atoms with Crippen LogP contribution in [0.5, 0.6) is 5.75 Å². The molecule has 1 aliphatic rings. The van der Waals surface area contributed by atoms with Gasteiger partial charge in [0.05, 0.1) is 12.8 Å². The van der Waals surface area contributed by atoms with Crippen LogP contribution in [0.4, 0.5) is 17.1 Å². The molecule has 0 unspecified atom stereocenters. The molecule has 39 heavy (non-hydrogen) atoms. The Labute approximate surface area is 230 Å². The second kappa shape index (κ2) is 11.3. The van der Waals surface area contributed by atoms with Crippen LogP contribution in [0.15, 0.2) is 119 Å². The quantitative estimate of drug-likeness (QED) is 0.260. The number of imide groups is 1. The highest BCUT2D eigenvalue weighted by atomic mass is 32.2. The van der Waals surface area contributed by atoms with Crippen LogP contribution in [0, 0.1) is 6.92 Å². The van der Waals surface area contributed by atoms with Crippen LogP contribution in [-0.4, -0.2) is 24.8 Å². The van der Waals surface area contributed by atoms with Crippen molar-refractivity contribution in [3.8, 4) is 5.75 Å². The first-order chi connectivity index (χ1) is 18.9. The zero-order valence-electron chi connectivity index (χ0n) is 21.3. The van der Waals surface area contributed by atoms with Crippen LogP contribution < -0.4 is 20.3 Å². The number of nitrogens with zero attached hydrogens (tertiary/aromatic N) is 1. The van der Waals surface area contributed by atoms with Crippen molar-refractivity contribution in [2.75, 3.05) is 22.6 Å². The number of methoxy groups -OCH3 is 1. The van der Waals surface area contributed by atoms with Gasteiger partial charge in [0, 0.05) is 21.8 Å².